The van der Waals surface area contributed by atoms with Crippen LogP contribution in [0.3, 0.4) is 0 Å². The number of nitrogens with zero attached hydrogens (tertiary/aromatic N) is 2. The Morgan fingerprint density at radius 1 is 1.41 bits per heavy atom. The zero-order valence-electron chi connectivity index (χ0n) is 9.40. The molecule has 2 aliphatic heterocycles. The first-order valence-corrected chi connectivity index (χ1v) is 7.45. The van der Waals surface area contributed by atoms with Gasteiger partial charge in [0.1, 0.15) is 0 Å². The van der Waals surface area contributed by atoms with Crippen LogP contribution in [0.5, 0.6) is 0 Å². The Morgan fingerprint density at radius 3 is 3.29 bits per heavy atom. The van der Waals surface area contributed by atoms with Gasteiger partial charge in [-0.25, -0.2) is 0 Å². The third-order valence-electron chi connectivity index (χ3n) is 3.92. The fourth-order valence-corrected chi connectivity index (χ4v) is 4.43. The largest absolute Gasteiger partial charge is 0.341 e. The molecule has 17 heavy (non-hydrogen) atoms. The van der Waals surface area contributed by atoms with Crippen molar-refractivity contribution in [2.24, 2.45) is 4.99 Å². The van der Waals surface area contributed by atoms with E-state index in [0.29, 0.717) is 12.1 Å². The van der Waals surface area contributed by atoms with Crippen LogP contribution in [0.4, 0.5) is 0 Å². The molecule has 0 unspecified atom stereocenters. The summed E-state index contributed by atoms with van der Waals surface area (Å²) in [5.74, 6) is 1.19. The molecule has 0 radical (unpaired) electrons. The molecule has 4 heteroatoms. The van der Waals surface area contributed by atoms with E-state index in [9.17, 15) is 0 Å². The quantitative estimate of drug-likeness (QED) is 0.716. The number of fused-ring (bicyclic) bond motifs is 5. The van der Waals surface area contributed by atoms with E-state index in [1.807, 2.05) is 17.8 Å². The summed E-state index contributed by atoms with van der Waals surface area (Å²) in [6, 6.07) is 7.32. The van der Waals surface area contributed by atoms with Gasteiger partial charge in [-0.05, 0) is 36.1 Å². The molecule has 2 nitrogen and oxygen atoms in total. The van der Waals surface area contributed by atoms with Gasteiger partial charge in [-0.15, -0.1) is 0 Å². The lowest BCUT2D eigenvalue weighted by molar-refractivity contribution is 0.309. The maximum absolute atomic E-state index is 6.08. The minimum atomic E-state index is 0.478. The predicted octanol–water partition coefficient (Wildman–Crippen LogP) is 3.11. The van der Waals surface area contributed by atoms with Crippen molar-refractivity contribution in [3.05, 3.63) is 34.3 Å². The van der Waals surface area contributed by atoms with Crippen molar-refractivity contribution in [2.45, 2.75) is 24.9 Å². The molecular weight excluding hydrogens is 252 g/mol. The van der Waals surface area contributed by atoms with E-state index in [4.69, 9.17) is 16.6 Å². The second-order valence-corrected chi connectivity index (χ2v) is 6.35. The first-order valence-electron chi connectivity index (χ1n) is 6.08. The molecule has 0 bridgehead atoms. The molecule has 1 fully saturated rings. The lowest BCUT2D eigenvalue weighted by atomic mass is 9.84. The number of rotatable bonds is 0. The molecule has 88 valence electrons. The highest BCUT2D eigenvalue weighted by Gasteiger charge is 2.42. The Labute approximate surface area is 110 Å². The van der Waals surface area contributed by atoms with E-state index in [1.54, 1.807) is 0 Å². The Hall–Kier alpha value is -0.670. The first-order chi connectivity index (χ1) is 8.33. The van der Waals surface area contributed by atoms with Gasteiger partial charge in [0.2, 0.25) is 0 Å². The molecule has 3 aliphatic rings. The van der Waals surface area contributed by atoms with Crippen LogP contribution in [0.2, 0.25) is 5.02 Å². The monoisotopic (exact) mass is 264 g/mol. The predicted molar refractivity (Wildman–Crippen MR) is 72.9 cm³/mol. The van der Waals surface area contributed by atoms with Gasteiger partial charge >= 0.3 is 0 Å². The van der Waals surface area contributed by atoms with Crippen molar-refractivity contribution >= 4 is 28.5 Å². The first kappa shape index (κ1) is 10.3. The summed E-state index contributed by atoms with van der Waals surface area (Å²) >= 11 is 7.99. The topological polar surface area (TPSA) is 15.6 Å². The number of thioether (sulfide) groups is 1. The third kappa shape index (κ3) is 1.45. The summed E-state index contributed by atoms with van der Waals surface area (Å²) in [7, 11) is 0. The summed E-state index contributed by atoms with van der Waals surface area (Å²) in [4.78, 5) is 7.35. The van der Waals surface area contributed by atoms with Crippen LogP contribution in [-0.2, 0) is 6.42 Å². The molecule has 1 saturated heterocycles. The smallest absolute Gasteiger partial charge is 0.160 e. The Morgan fingerprint density at radius 2 is 2.35 bits per heavy atom. The number of aryl methyl sites for hydroxylation is 1. The fourth-order valence-electron chi connectivity index (χ4n) is 3.18. The molecule has 0 saturated carbocycles. The van der Waals surface area contributed by atoms with Gasteiger partial charge in [0.25, 0.3) is 0 Å². The van der Waals surface area contributed by atoms with Crippen LogP contribution < -0.4 is 0 Å². The number of hydrogen-bond donors (Lipinski definition) is 0. The zero-order chi connectivity index (χ0) is 11.4. The van der Waals surface area contributed by atoms with E-state index in [0.717, 1.165) is 18.0 Å². The van der Waals surface area contributed by atoms with E-state index in [-0.39, 0.29) is 0 Å². The molecule has 1 aromatic carbocycles. The van der Waals surface area contributed by atoms with Crippen LogP contribution in [0.15, 0.2) is 23.2 Å². The summed E-state index contributed by atoms with van der Waals surface area (Å²) < 4.78 is 0. The molecule has 0 spiro atoms. The summed E-state index contributed by atoms with van der Waals surface area (Å²) in [6.07, 6.45) is 2.28. The van der Waals surface area contributed by atoms with Crippen molar-refractivity contribution < 1.29 is 0 Å². The molecule has 0 aromatic heterocycles. The zero-order valence-corrected chi connectivity index (χ0v) is 11.0. The SMILES string of the molecule is Clc1ccc2c(c1)CC[C@@H]1N=C3SCCN3[C@@H]21. The molecule has 0 N–H and O–H groups in total. The van der Waals surface area contributed by atoms with Crippen LogP contribution in [-0.4, -0.2) is 28.4 Å². The second-order valence-electron chi connectivity index (χ2n) is 4.85. The van der Waals surface area contributed by atoms with Gasteiger partial charge < -0.3 is 4.90 Å². The molecule has 2 heterocycles. The van der Waals surface area contributed by atoms with E-state index in [2.05, 4.69) is 17.0 Å². The van der Waals surface area contributed by atoms with Gasteiger partial charge in [0.15, 0.2) is 5.17 Å². The van der Waals surface area contributed by atoms with Gasteiger partial charge in [0, 0.05) is 17.3 Å². The molecule has 1 aliphatic carbocycles. The van der Waals surface area contributed by atoms with Crippen molar-refractivity contribution in [3.63, 3.8) is 0 Å². The van der Waals surface area contributed by atoms with E-state index >= 15 is 0 Å². The van der Waals surface area contributed by atoms with Crippen molar-refractivity contribution in [1.82, 2.24) is 4.90 Å². The highest BCUT2D eigenvalue weighted by atomic mass is 35.5. The Bertz CT molecular complexity index is 514. The van der Waals surface area contributed by atoms with Gasteiger partial charge in [0.05, 0.1) is 12.1 Å². The third-order valence-corrected chi connectivity index (χ3v) is 5.14. The lowest BCUT2D eigenvalue weighted by Crippen LogP contribution is -2.33. The molecule has 4 rings (SSSR count). The fraction of sp³-hybridized carbons (Fsp3) is 0.462. The van der Waals surface area contributed by atoms with Crippen LogP contribution in [0.25, 0.3) is 0 Å². The van der Waals surface area contributed by atoms with Crippen molar-refractivity contribution in [1.29, 1.82) is 0 Å². The summed E-state index contributed by atoms with van der Waals surface area (Å²) in [5, 5.41) is 2.12. The highest BCUT2D eigenvalue weighted by Crippen LogP contribution is 2.44. The lowest BCUT2D eigenvalue weighted by Gasteiger charge is -2.32. The number of benzene rings is 1. The summed E-state index contributed by atoms with van der Waals surface area (Å²) in [6.45, 7) is 1.15. The van der Waals surface area contributed by atoms with E-state index < -0.39 is 0 Å². The minimum absolute atomic E-state index is 0.478. The molecular formula is C13H13ClN2S. The normalized spacial score (nSPS) is 29.7. The van der Waals surface area contributed by atoms with Crippen LogP contribution >= 0.6 is 23.4 Å². The minimum Gasteiger partial charge on any atom is -0.341 e. The van der Waals surface area contributed by atoms with Crippen molar-refractivity contribution in [3.8, 4) is 0 Å². The maximum atomic E-state index is 6.08. The highest BCUT2D eigenvalue weighted by molar-refractivity contribution is 8.14. The number of amidine groups is 1. The van der Waals surface area contributed by atoms with Gasteiger partial charge in [-0.2, -0.15) is 0 Å². The summed E-state index contributed by atoms with van der Waals surface area (Å²) in [5.41, 5.74) is 2.87. The Balaban J connectivity index is 1.81. The number of aliphatic imine (C=N–C) groups is 1. The average molecular weight is 265 g/mol. The molecule has 0 amide bonds. The maximum Gasteiger partial charge on any atom is 0.160 e. The van der Waals surface area contributed by atoms with E-state index in [1.165, 1.54) is 28.5 Å². The average Bonchev–Trinajstić information content (AvgIpc) is 2.88. The molecule has 2 atom stereocenters. The standard InChI is InChI=1S/C13H13ClN2S/c14-9-2-3-10-8(7-9)1-4-11-12(10)16-5-6-17-13(16)15-11/h2-3,7,11-12H,1,4-6H2/t11-,12-/m0/s1. The van der Waals surface area contributed by atoms with Crippen molar-refractivity contribution in [2.75, 3.05) is 12.3 Å². The van der Waals surface area contributed by atoms with Crippen LogP contribution in [0, 0.1) is 0 Å². The van der Waals surface area contributed by atoms with Gasteiger partial charge in [-0.3, -0.25) is 4.99 Å². The second kappa shape index (κ2) is 3.66. The number of hydrogen-bond acceptors (Lipinski definition) is 3. The molecule has 1 aromatic rings. The van der Waals surface area contributed by atoms with Gasteiger partial charge in [-0.1, -0.05) is 29.4 Å². The number of halogens is 1. The Kier molecular flexibility index (Phi) is 2.21. The van der Waals surface area contributed by atoms with Crippen LogP contribution in [0.1, 0.15) is 23.6 Å².